The Morgan fingerprint density at radius 1 is 1.29 bits per heavy atom. The van der Waals surface area contributed by atoms with Gasteiger partial charge in [-0.25, -0.2) is 0 Å². The summed E-state index contributed by atoms with van der Waals surface area (Å²) in [5.41, 5.74) is 3.31. The van der Waals surface area contributed by atoms with Gasteiger partial charge in [0.25, 0.3) is 0 Å². The molecule has 0 bridgehead atoms. The molecule has 2 aliphatic heterocycles. The molecule has 3 rings (SSSR count). The van der Waals surface area contributed by atoms with Crippen molar-refractivity contribution < 1.29 is 5.32 Å². The summed E-state index contributed by atoms with van der Waals surface area (Å²) in [5.74, 6) is 0. The molecule has 2 nitrogen and oxygen atoms in total. The summed E-state index contributed by atoms with van der Waals surface area (Å²) < 4.78 is 0. The number of anilines is 1. The first-order chi connectivity index (χ1) is 6.66. The van der Waals surface area contributed by atoms with Crippen LogP contribution in [0.2, 0.25) is 0 Å². The van der Waals surface area contributed by atoms with Crippen LogP contribution in [0, 0.1) is 0 Å². The van der Waals surface area contributed by atoms with Crippen molar-refractivity contribution in [3.8, 4) is 0 Å². The molecule has 0 amide bonds. The maximum atomic E-state index is 3.66. The second-order valence-corrected chi connectivity index (χ2v) is 4.95. The third-order valence-electron chi connectivity index (χ3n) is 4.26. The molecule has 74 valence electrons. The summed E-state index contributed by atoms with van der Waals surface area (Å²) in [5, 5.41) is 6.10. The summed E-state index contributed by atoms with van der Waals surface area (Å²) in [7, 11) is 0. The van der Waals surface area contributed by atoms with Crippen molar-refractivity contribution >= 4 is 5.69 Å². The molecule has 14 heavy (non-hydrogen) atoms. The highest BCUT2D eigenvalue weighted by atomic mass is 15.3. The Hall–Kier alpha value is -1.02. The normalized spacial score (nSPS) is 39.0. The zero-order valence-corrected chi connectivity index (χ0v) is 8.80. The number of hydrogen-bond acceptors (Lipinski definition) is 1. The van der Waals surface area contributed by atoms with Gasteiger partial charge in [0.05, 0.1) is 12.0 Å². The Bertz CT molecular complexity index is 388. The van der Waals surface area contributed by atoms with Crippen molar-refractivity contribution in [2.45, 2.75) is 31.3 Å². The molecule has 1 fully saturated rings. The maximum absolute atomic E-state index is 3.66. The largest absolute Gasteiger partial charge is 0.333 e. The Kier molecular flexibility index (Phi) is 1.37. The number of hydrogen-bond donors (Lipinski definition) is 2. The highest BCUT2D eigenvalue weighted by Crippen LogP contribution is 2.47. The van der Waals surface area contributed by atoms with Gasteiger partial charge in [-0.1, -0.05) is 18.2 Å². The van der Waals surface area contributed by atoms with E-state index >= 15 is 0 Å². The number of fused-ring (bicyclic) bond motifs is 3. The summed E-state index contributed by atoms with van der Waals surface area (Å²) in [6.07, 6.45) is 1.27. The van der Waals surface area contributed by atoms with Crippen LogP contribution >= 0.6 is 0 Å². The first kappa shape index (κ1) is 8.30. The zero-order chi connectivity index (χ0) is 9.81. The maximum Gasteiger partial charge on any atom is 0.176 e. The van der Waals surface area contributed by atoms with Crippen LogP contribution in [0.4, 0.5) is 5.69 Å². The standard InChI is InChI=1S/C12H16N2/c1-11-7-8-13-12(11,2)14-10-6-4-3-5-9(10)11/h3-6,13-14H,7-8H2,1-2H3/p+1/t11-,12-/m0/s1. The molecular weight excluding hydrogens is 172 g/mol. The first-order valence-corrected chi connectivity index (χ1v) is 5.38. The number of para-hydroxylation sites is 1. The van der Waals surface area contributed by atoms with Gasteiger partial charge < -0.3 is 10.6 Å². The van der Waals surface area contributed by atoms with Gasteiger partial charge in [0.1, 0.15) is 0 Å². The Labute approximate surface area is 84.7 Å². The van der Waals surface area contributed by atoms with E-state index in [-0.39, 0.29) is 5.66 Å². The quantitative estimate of drug-likeness (QED) is 0.627. The lowest BCUT2D eigenvalue weighted by Gasteiger charge is -2.30. The third-order valence-corrected chi connectivity index (χ3v) is 4.26. The predicted octanol–water partition coefficient (Wildman–Crippen LogP) is 1.05. The first-order valence-electron chi connectivity index (χ1n) is 5.38. The fraction of sp³-hybridized carbons (Fsp3) is 0.500. The number of quaternary nitrogens is 1. The molecule has 2 heteroatoms. The Morgan fingerprint density at radius 3 is 2.93 bits per heavy atom. The molecule has 1 saturated heterocycles. The van der Waals surface area contributed by atoms with Crippen molar-refractivity contribution in [3.63, 3.8) is 0 Å². The van der Waals surface area contributed by atoms with Crippen LogP contribution in [0.1, 0.15) is 25.8 Å². The van der Waals surface area contributed by atoms with Gasteiger partial charge in [0.15, 0.2) is 5.66 Å². The van der Waals surface area contributed by atoms with E-state index in [4.69, 9.17) is 0 Å². The molecule has 0 radical (unpaired) electrons. The zero-order valence-electron chi connectivity index (χ0n) is 8.80. The number of rotatable bonds is 0. The second-order valence-electron chi connectivity index (χ2n) is 4.95. The molecule has 0 aromatic heterocycles. The van der Waals surface area contributed by atoms with Crippen LogP contribution in [0.3, 0.4) is 0 Å². The van der Waals surface area contributed by atoms with Gasteiger partial charge in [-0.05, 0) is 18.6 Å². The lowest BCUT2D eigenvalue weighted by atomic mass is 9.75. The van der Waals surface area contributed by atoms with E-state index < -0.39 is 0 Å². The summed E-state index contributed by atoms with van der Waals surface area (Å²) in [6.45, 7) is 5.93. The van der Waals surface area contributed by atoms with Crippen molar-refractivity contribution in [2.75, 3.05) is 11.9 Å². The molecule has 0 saturated carbocycles. The fourth-order valence-electron chi connectivity index (χ4n) is 3.09. The average molecular weight is 189 g/mol. The van der Waals surface area contributed by atoms with E-state index in [1.807, 2.05) is 0 Å². The third kappa shape index (κ3) is 0.758. The molecule has 0 unspecified atom stereocenters. The molecule has 3 N–H and O–H groups in total. The monoisotopic (exact) mass is 189 g/mol. The van der Waals surface area contributed by atoms with Crippen LogP contribution in [-0.4, -0.2) is 12.2 Å². The SMILES string of the molecule is C[C@@]12CC[NH2+][C@@]1(C)Nc1ccccc12. The summed E-state index contributed by atoms with van der Waals surface area (Å²) in [4.78, 5) is 0. The molecule has 2 aliphatic rings. The average Bonchev–Trinajstić information content (AvgIpc) is 2.54. The molecule has 1 aromatic carbocycles. The van der Waals surface area contributed by atoms with Gasteiger partial charge in [0, 0.05) is 19.0 Å². The van der Waals surface area contributed by atoms with Crippen LogP contribution in [0.5, 0.6) is 0 Å². The van der Waals surface area contributed by atoms with Crippen molar-refractivity contribution in [2.24, 2.45) is 0 Å². The van der Waals surface area contributed by atoms with Crippen molar-refractivity contribution in [3.05, 3.63) is 29.8 Å². The van der Waals surface area contributed by atoms with E-state index in [1.54, 1.807) is 0 Å². The molecule has 2 atom stereocenters. The molecule has 0 spiro atoms. The lowest BCUT2D eigenvalue weighted by Crippen LogP contribution is -2.96. The smallest absolute Gasteiger partial charge is 0.176 e. The van der Waals surface area contributed by atoms with E-state index in [2.05, 4.69) is 48.7 Å². The minimum absolute atomic E-state index is 0.177. The topological polar surface area (TPSA) is 28.6 Å². The number of nitrogens with two attached hydrogens (primary N) is 1. The minimum Gasteiger partial charge on any atom is -0.333 e. The van der Waals surface area contributed by atoms with Crippen LogP contribution in [0.15, 0.2) is 24.3 Å². The van der Waals surface area contributed by atoms with Crippen molar-refractivity contribution in [1.29, 1.82) is 0 Å². The summed E-state index contributed by atoms with van der Waals surface area (Å²) >= 11 is 0. The van der Waals surface area contributed by atoms with E-state index in [0.717, 1.165) is 0 Å². The Morgan fingerprint density at radius 2 is 2.07 bits per heavy atom. The highest BCUT2D eigenvalue weighted by Gasteiger charge is 2.58. The number of benzene rings is 1. The molecular formula is C12H17N2+. The molecule has 0 aliphatic carbocycles. The van der Waals surface area contributed by atoms with Crippen LogP contribution < -0.4 is 10.6 Å². The summed E-state index contributed by atoms with van der Waals surface area (Å²) in [6, 6.07) is 8.72. The van der Waals surface area contributed by atoms with Gasteiger partial charge in [-0.3, -0.25) is 0 Å². The van der Waals surface area contributed by atoms with Crippen LogP contribution in [-0.2, 0) is 5.41 Å². The molecule has 2 heterocycles. The predicted molar refractivity (Wildman–Crippen MR) is 57.2 cm³/mol. The second kappa shape index (κ2) is 2.31. The van der Waals surface area contributed by atoms with E-state index in [9.17, 15) is 0 Å². The lowest BCUT2D eigenvalue weighted by molar-refractivity contribution is -0.701. The molecule has 1 aromatic rings. The van der Waals surface area contributed by atoms with Crippen molar-refractivity contribution in [1.82, 2.24) is 0 Å². The Balaban J connectivity index is 2.22. The fourth-order valence-corrected chi connectivity index (χ4v) is 3.09. The highest BCUT2D eigenvalue weighted by molar-refractivity contribution is 5.63. The van der Waals surface area contributed by atoms with E-state index in [0.29, 0.717) is 5.41 Å². The van der Waals surface area contributed by atoms with Crippen LogP contribution in [0.25, 0.3) is 0 Å². The van der Waals surface area contributed by atoms with Gasteiger partial charge in [0.2, 0.25) is 0 Å². The number of nitrogens with one attached hydrogen (secondary N) is 1. The van der Waals surface area contributed by atoms with Gasteiger partial charge in [-0.15, -0.1) is 0 Å². The van der Waals surface area contributed by atoms with Gasteiger partial charge >= 0.3 is 0 Å². The van der Waals surface area contributed by atoms with E-state index in [1.165, 1.54) is 24.2 Å². The minimum atomic E-state index is 0.177. The van der Waals surface area contributed by atoms with Gasteiger partial charge in [-0.2, -0.15) is 0 Å².